The van der Waals surface area contributed by atoms with Gasteiger partial charge in [0.2, 0.25) is 0 Å². The number of methoxy groups -OCH3 is 1. The molecule has 1 aliphatic heterocycles. The van der Waals surface area contributed by atoms with Crippen molar-refractivity contribution >= 4 is 28.8 Å². The number of amides is 1. The van der Waals surface area contributed by atoms with Crippen molar-refractivity contribution in [2.75, 3.05) is 13.4 Å². The first-order valence-electron chi connectivity index (χ1n) is 12.1. The lowest BCUT2D eigenvalue weighted by Gasteiger charge is -2.26. The van der Waals surface area contributed by atoms with Crippen LogP contribution in [0, 0.1) is 0 Å². The summed E-state index contributed by atoms with van der Waals surface area (Å²) in [6.45, 7) is 1.04. The van der Waals surface area contributed by atoms with Crippen LogP contribution in [0.4, 0.5) is 44.3 Å². The van der Waals surface area contributed by atoms with Crippen molar-refractivity contribution in [3.63, 3.8) is 0 Å². The highest BCUT2D eigenvalue weighted by atomic mass is 32.2. The Morgan fingerprint density at radius 1 is 0.810 bits per heavy atom. The number of hydrogen-bond acceptors (Lipinski definition) is 4. The Labute approximate surface area is 243 Å². The van der Waals surface area contributed by atoms with Gasteiger partial charge in [0, 0.05) is 23.0 Å². The Balaban J connectivity index is 1.79. The second-order valence-electron chi connectivity index (χ2n) is 9.45. The molecule has 0 bridgehead atoms. The largest absolute Gasteiger partial charge is 0.496 e. The predicted molar refractivity (Wildman–Crippen MR) is 142 cm³/mol. The highest BCUT2D eigenvalue weighted by molar-refractivity contribution is 8.14. The summed E-state index contributed by atoms with van der Waals surface area (Å²) >= 11 is 1.90. The number of hydrogen-bond donors (Lipinski definition) is 0. The van der Waals surface area contributed by atoms with Gasteiger partial charge in [-0.25, -0.2) is 0 Å². The minimum absolute atomic E-state index is 0.00161. The van der Waals surface area contributed by atoms with Crippen LogP contribution in [0.1, 0.15) is 40.0 Å². The summed E-state index contributed by atoms with van der Waals surface area (Å²) in [6.07, 6.45) is -13.1. The first-order valence-corrected chi connectivity index (χ1v) is 14.2. The quantitative estimate of drug-likeness (QED) is 0.198. The number of benzene rings is 3. The van der Waals surface area contributed by atoms with Gasteiger partial charge in [0.25, 0.3) is 5.24 Å². The molecule has 2 atom stereocenters. The summed E-state index contributed by atoms with van der Waals surface area (Å²) in [5.41, 5.74) is -3.56. The molecule has 4 rings (SSSR count). The van der Waals surface area contributed by atoms with Crippen molar-refractivity contribution in [2.24, 2.45) is 0 Å². The standard InChI is InChI=1S/C28H22F9NO2S2/c1-14-24(15-8-18(27(32,33)34)11-19(9-15)28(35,36)37)42-25(39)38(14)13-16-10-17(26(29,30)31)4-6-21(16)22-12-20(41-3)5-7-23(22)40-2/h4-12,14,24H,13H2,1-3H3. The van der Waals surface area contributed by atoms with E-state index in [-0.39, 0.29) is 23.7 Å². The average Bonchev–Trinajstić information content (AvgIpc) is 3.19. The van der Waals surface area contributed by atoms with Gasteiger partial charge in [-0.1, -0.05) is 17.8 Å². The van der Waals surface area contributed by atoms with E-state index in [4.69, 9.17) is 4.74 Å². The van der Waals surface area contributed by atoms with E-state index in [1.807, 2.05) is 0 Å². The van der Waals surface area contributed by atoms with Crippen LogP contribution in [0.5, 0.6) is 5.75 Å². The Hall–Kier alpha value is -3.00. The number of thioether (sulfide) groups is 2. The maximum Gasteiger partial charge on any atom is 0.416 e. The van der Waals surface area contributed by atoms with Gasteiger partial charge in [-0.2, -0.15) is 39.5 Å². The van der Waals surface area contributed by atoms with Gasteiger partial charge in [-0.3, -0.25) is 4.79 Å². The molecule has 1 saturated heterocycles. The smallest absolute Gasteiger partial charge is 0.416 e. The monoisotopic (exact) mass is 639 g/mol. The molecule has 226 valence electrons. The lowest BCUT2D eigenvalue weighted by Crippen LogP contribution is -2.31. The van der Waals surface area contributed by atoms with E-state index >= 15 is 0 Å². The van der Waals surface area contributed by atoms with Crippen LogP contribution < -0.4 is 4.74 Å². The van der Waals surface area contributed by atoms with Gasteiger partial charge in [0.1, 0.15) is 5.75 Å². The van der Waals surface area contributed by atoms with Crippen LogP contribution in [-0.2, 0) is 25.1 Å². The van der Waals surface area contributed by atoms with Gasteiger partial charge >= 0.3 is 18.5 Å². The van der Waals surface area contributed by atoms with Crippen molar-refractivity contribution < 1.29 is 49.0 Å². The fourth-order valence-electron chi connectivity index (χ4n) is 4.67. The molecule has 0 saturated carbocycles. The maximum atomic E-state index is 13.7. The topological polar surface area (TPSA) is 29.5 Å². The van der Waals surface area contributed by atoms with Crippen LogP contribution in [0.3, 0.4) is 0 Å². The normalized spacial score (nSPS) is 18.1. The van der Waals surface area contributed by atoms with Gasteiger partial charge < -0.3 is 9.64 Å². The van der Waals surface area contributed by atoms with Crippen LogP contribution in [-0.4, -0.2) is 29.5 Å². The molecule has 0 radical (unpaired) electrons. The zero-order valence-electron chi connectivity index (χ0n) is 22.0. The lowest BCUT2D eigenvalue weighted by molar-refractivity contribution is -0.143. The molecule has 3 aromatic rings. The molecule has 0 aromatic heterocycles. The van der Waals surface area contributed by atoms with E-state index < -0.39 is 51.8 Å². The molecule has 0 N–H and O–H groups in total. The van der Waals surface area contributed by atoms with Crippen LogP contribution in [0.15, 0.2) is 59.5 Å². The SMILES string of the molecule is COc1ccc(SC)cc1-c1ccc(C(F)(F)F)cc1CN1C(=O)SC(c2cc(C(F)(F)F)cc(C(F)(F)F)c2)C1C. The van der Waals surface area contributed by atoms with Crippen LogP contribution >= 0.6 is 23.5 Å². The zero-order chi connectivity index (χ0) is 31.2. The molecule has 3 nitrogen and oxygen atoms in total. The second-order valence-corrected chi connectivity index (χ2v) is 11.4. The third kappa shape index (κ3) is 6.64. The summed E-state index contributed by atoms with van der Waals surface area (Å²) in [4.78, 5) is 15.0. The molecule has 14 heteroatoms. The fourth-order valence-corrected chi connectivity index (χ4v) is 6.31. The number of ether oxygens (including phenoxy) is 1. The molecule has 1 aliphatic rings. The summed E-state index contributed by atoms with van der Waals surface area (Å²) in [7, 11) is 1.39. The molecule has 1 fully saturated rings. The van der Waals surface area contributed by atoms with Crippen molar-refractivity contribution in [1.82, 2.24) is 4.90 Å². The number of alkyl halides is 9. The van der Waals surface area contributed by atoms with E-state index in [0.29, 0.717) is 40.8 Å². The number of rotatable bonds is 6. The zero-order valence-corrected chi connectivity index (χ0v) is 23.7. The Kier molecular flexibility index (Phi) is 8.81. The molecular formula is C28H22F9NO2S2. The predicted octanol–water partition coefficient (Wildman–Crippen LogP) is 9.94. The van der Waals surface area contributed by atoms with E-state index in [0.717, 1.165) is 21.9 Å². The molecule has 42 heavy (non-hydrogen) atoms. The molecule has 0 spiro atoms. The van der Waals surface area contributed by atoms with E-state index in [9.17, 15) is 44.3 Å². The lowest BCUT2D eigenvalue weighted by atomic mass is 9.95. The second kappa shape index (κ2) is 11.6. The maximum absolute atomic E-state index is 13.7. The highest BCUT2D eigenvalue weighted by Crippen LogP contribution is 2.48. The van der Waals surface area contributed by atoms with Gasteiger partial charge in [0.15, 0.2) is 0 Å². The third-order valence-electron chi connectivity index (χ3n) is 6.80. The molecule has 0 aliphatic carbocycles. The highest BCUT2D eigenvalue weighted by Gasteiger charge is 2.43. The summed E-state index contributed by atoms with van der Waals surface area (Å²) in [6, 6.07) is 8.29. The van der Waals surface area contributed by atoms with Crippen LogP contribution in [0.25, 0.3) is 11.1 Å². The summed E-state index contributed by atoms with van der Waals surface area (Å²) < 4.78 is 127. The summed E-state index contributed by atoms with van der Waals surface area (Å²) in [5.74, 6) is 0.352. The number of carbonyl (C=O) groups is 1. The van der Waals surface area contributed by atoms with Crippen molar-refractivity contribution in [3.05, 3.63) is 82.4 Å². The molecule has 3 aromatic carbocycles. The average molecular weight is 640 g/mol. The fraction of sp³-hybridized carbons (Fsp3) is 0.321. The number of carbonyl (C=O) groups excluding carboxylic acids is 1. The summed E-state index contributed by atoms with van der Waals surface area (Å²) in [5, 5.41) is -1.85. The first kappa shape index (κ1) is 31.9. The molecule has 1 heterocycles. The molecule has 1 amide bonds. The van der Waals surface area contributed by atoms with Crippen molar-refractivity contribution in [2.45, 2.75) is 48.2 Å². The minimum Gasteiger partial charge on any atom is -0.496 e. The van der Waals surface area contributed by atoms with E-state index in [2.05, 4.69) is 0 Å². The molecular weight excluding hydrogens is 617 g/mol. The Bertz CT molecular complexity index is 1450. The number of nitrogens with zero attached hydrogens (tertiary/aromatic N) is 1. The van der Waals surface area contributed by atoms with Gasteiger partial charge in [-0.05, 0) is 78.4 Å². The first-order chi connectivity index (χ1) is 19.4. The number of halogens is 9. The third-order valence-corrected chi connectivity index (χ3v) is 8.88. The van der Waals surface area contributed by atoms with E-state index in [1.54, 1.807) is 24.5 Å². The van der Waals surface area contributed by atoms with Gasteiger partial charge in [-0.15, -0.1) is 11.8 Å². The van der Waals surface area contributed by atoms with Crippen molar-refractivity contribution in [3.8, 4) is 16.9 Å². The van der Waals surface area contributed by atoms with Crippen molar-refractivity contribution in [1.29, 1.82) is 0 Å². The Morgan fingerprint density at radius 3 is 1.93 bits per heavy atom. The van der Waals surface area contributed by atoms with E-state index in [1.165, 1.54) is 31.9 Å². The van der Waals surface area contributed by atoms with Gasteiger partial charge in [0.05, 0.1) is 29.1 Å². The minimum atomic E-state index is -5.08. The molecule has 2 unspecified atom stereocenters. The Morgan fingerprint density at radius 2 is 1.40 bits per heavy atom. The van der Waals surface area contributed by atoms with Crippen LogP contribution in [0.2, 0.25) is 0 Å².